The van der Waals surface area contributed by atoms with Crippen molar-refractivity contribution in [3.05, 3.63) is 58.7 Å². The third-order valence-corrected chi connectivity index (χ3v) is 5.97. The van der Waals surface area contributed by atoms with Gasteiger partial charge in [0.15, 0.2) is 0 Å². The normalized spacial score (nSPS) is 12.3. The van der Waals surface area contributed by atoms with Gasteiger partial charge in [-0.1, -0.05) is 30.3 Å². The predicted molar refractivity (Wildman–Crippen MR) is 105 cm³/mol. The molecule has 3 aromatic rings. The Kier molecular flexibility index (Phi) is 5.71. The quantitative estimate of drug-likeness (QED) is 0.617. The van der Waals surface area contributed by atoms with E-state index in [1.54, 1.807) is 11.3 Å². The summed E-state index contributed by atoms with van der Waals surface area (Å²) in [6.45, 7) is 0.614. The summed E-state index contributed by atoms with van der Waals surface area (Å²) in [4.78, 5) is 1.18. The molecule has 2 aromatic heterocycles. The number of nitrogens with zero attached hydrogens (tertiary/aromatic N) is 2. The summed E-state index contributed by atoms with van der Waals surface area (Å²) < 4.78 is 2.97. The Bertz CT molecular complexity index is 781. The summed E-state index contributed by atoms with van der Waals surface area (Å²) in [5, 5.41) is 8.95. The number of aromatic nitrogens is 2. The maximum atomic E-state index is 5.96. The van der Waals surface area contributed by atoms with Gasteiger partial charge < -0.3 is 11.1 Å². The number of halogens is 1. The molecule has 126 valence electrons. The van der Waals surface area contributed by atoms with Crippen molar-refractivity contribution in [3.8, 4) is 10.6 Å². The zero-order valence-electron chi connectivity index (χ0n) is 13.6. The monoisotopic (exact) mass is 404 g/mol. The molecule has 0 amide bonds. The van der Waals surface area contributed by atoms with E-state index in [0.29, 0.717) is 6.54 Å². The first-order valence-corrected chi connectivity index (χ1v) is 9.56. The highest BCUT2D eigenvalue weighted by Gasteiger charge is 2.14. The van der Waals surface area contributed by atoms with Crippen LogP contribution in [0.25, 0.3) is 10.6 Å². The Morgan fingerprint density at radius 3 is 2.75 bits per heavy atom. The minimum atomic E-state index is 0.259. The molecule has 24 heavy (non-hydrogen) atoms. The van der Waals surface area contributed by atoms with Crippen LogP contribution in [-0.4, -0.2) is 22.4 Å². The lowest BCUT2D eigenvalue weighted by Crippen LogP contribution is -2.29. The van der Waals surface area contributed by atoms with E-state index in [1.807, 2.05) is 30.1 Å². The molecule has 3 N–H and O–H groups in total. The fourth-order valence-corrected chi connectivity index (χ4v) is 4.56. The van der Waals surface area contributed by atoms with Crippen molar-refractivity contribution in [1.29, 1.82) is 0 Å². The number of thiophene rings is 1. The molecule has 3 rings (SSSR count). The second-order valence-corrected chi connectivity index (χ2v) is 7.64. The van der Waals surface area contributed by atoms with Gasteiger partial charge in [-0.05, 0) is 46.5 Å². The van der Waals surface area contributed by atoms with Crippen LogP contribution < -0.4 is 11.1 Å². The van der Waals surface area contributed by atoms with E-state index in [4.69, 9.17) is 5.73 Å². The highest BCUT2D eigenvalue weighted by Crippen LogP contribution is 2.39. The molecule has 1 aromatic carbocycles. The number of hydrogen-bond donors (Lipinski definition) is 2. The van der Waals surface area contributed by atoms with Gasteiger partial charge in [0, 0.05) is 30.3 Å². The highest BCUT2D eigenvalue weighted by molar-refractivity contribution is 9.10. The molecule has 0 spiro atoms. The van der Waals surface area contributed by atoms with Crippen LogP contribution in [0.15, 0.2) is 53.1 Å². The standard InChI is InChI=1S/C18H21BrN4S/c1-23-16(9-10-21-23)18-15(19)11-17(24-18)22-14(12-20)8-7-13-5-3-2-4-6-13/h2-6,9-11,14,22H,7-8,12,20H2,1H3. The Hall–Kier alpha value is -1.63. The fraction of sp³-hybridized carbons (Fsp3) is 0.278. The number of aryl methyl sites for hydroxylation is 2. The van der Waals surface area contributed by atoms with Crippen LogP contribution in [0.3, 0.4) is 0 Å². The van der Waals surface area contributed by atoms with Gasteiger partial charge in [-0.15, -0.1) is 11.3 Å². The zero-order chi connectivity index (χ0) is 16.9. The highest BCUT2D eigenvalue weighted by atomic mass is 79.9. The minimum Gasteiger partial charge on any atom is -0.373 e. The average molecular weight is 405 g/mol. The maximum Gasteiger partial charge on any atom is 0.0903 e. The van der Waals surface area contributed by atoms with Crippen LogP contribution in [0.5, 0.6) is 0 Å². The molecule has 0 radical (unpaired) electrons. The van der Waals surface area contributed by atoms with Gasteiger partial charge in [-0.2, -0.15) is 5.10 Å². The average Bonchev–Trinajstić information content (AvgIpc) is 3.17. The molecule has 0 aliphatic rings. The van der Waals surface area contributed by atoms with E-state index in [0.717, 1.165) is 28.0 Å². The Balaban J connectivity index is 1.67. The second kappa shape index (κ2) is 7.96. The smallest absolute Gasteiger partial charge is 0.0903 e. The fourth-order valence-electron chi connectivity index (χ4n) is 2.65. The molecule has 0 aliphatic heterocycles. The first kappa shape index (κ1) is 17.2. The van der Waals surface area contributed by atoms with Gasteiger partial charge in [0.25, 0.3) is 0 Å². The lowest BCUT2D eigenvalue weighted by atomic mass is 10.1. The summed E-state index contributed by atoms with van der Waals surface area (Å²) in [6, 6.07) is 14.9. The number of rotatable bonds is 7. The van der Waals surface area contributed by atoms with Crippen molar-refractivity contribution >= 4 is 32.3 Å². The van der Waals surface area contributed by atoms with E-state index in [-0.39, 0.29) is 6.04 Å². The lowest BCUT2D eigenvalue weighted by molar-refractivity contribution is 0.662. The summed E-state index contributed by atoms with van der Waals surface area (Å²) in [5.74, 6) is 0. The van der Waals surface area contributed by atoms with Crippen LogP contribution in [0, 0.1) is 0 Å². The van der Waals surface area contributed by atoms with Crippen LogP contribution in [0.1, 0.15) is 12.0 Å². The molecule has 4 nitrogen and oxygen atoms in total. The zero-order valence-corrected chi connectivity index (χ0v) is 16.0. The first-order chi connectivity index (χ1) is 11.7. The van der Waals surface area contributed by atoms with Crippen LogP contribution in [0.2, 0.25) is 0 Å². The van der Waals surface area contributed by atoms with Crippen LogP contribution >= 0.6 is 27.3 Å². The van der Waals surface area contributed by atoms with Gasteiger partial charge in [0.1, 0.15) is 0 Å². The van der Waals surface area contributed by atoms with Crippen LogP contribution in [0.4, 0.5) is 5.00 Å². The van der Waals surface area contributed by atoms with Gasteiger partial charge in [0.05, 0.1) is 15.6 Å². The molecule has 1 atom stereocenters. The van der Waals surface area contributed by atoms with E-state index in [1.165, 1.54) is 10.4 Å². The SMILES string of the molecule is Cn1nccc1-c1sc(NC(CN)CCc2ccccc2)cc1Br. The molecule has 6 heteroatoms. The molecule has 0 aliphatic carbocycles. The number of hydrogen-bond acceptors (Lipinski definition) is 4. The summed E-state index contributed by atoms with van der Waals surface area (Å²) in [5.41, 5.74) is 8.42. The minimum absolute atomic E-state index is 0.259. The van der Waals surface area contributed by atoms with Gasteiger partial charge in [-0.25, -0.2) is 0 Å². The summed E-state index contributed by atoms with van der Waals surface area (Å²) in [6.07, 6.45) is 3.85. The molecular weight excluding hydrogens is 384 g/mol. The maximum absolute atomic E-state index is 5.96. The molecule has 1 unspecified atom stereocenters. The van der Waals surface area contributed by atoms with Crippen molar-refractivity contribution < 1.29 is 0 Å². The third-order valence-electron chi connectivity index (χ3n) is 4.00. The lowest BCUT2D eigenvalue weighted by Gasteiger charge is -2.16. The molecule has 2 heterocycles. The van der Waals surface area contributed by atoms with Crippen molar-refractivity contribution in [3.63, 3.8) is 0 Å². The second-order valence-electron chi connectivity index (χ2n) is 5.73. The molecule has 0 fully saturated rings. The molecule has 0 saturated heterocycles. The summed E-state index contributed by atoms with van der Waals surface area (Å²) in [7, 11) is 1.96. The number of anilines is 1. The van der Waals surface area contributed by atoms with Crippen molar-refractivity contribution in [2.45, 2.75) is 18.9 Å². The molecular formula is C18H21BrN4S. The van der Waals surface area contributed by atoms with Crippen molar-refractivity contribution in [2.24, 2.45) is 12.8 Å². The van der Waals surface area contributed by atoms with Crippen molar-refractivity contribution in [2.75, 3.05) is 11.9 Å². The third kappa shape index (κ3) is 4.06. The van der Waals surface area contributed by atoms with E-state index in [9.17, 15) is 0 Å². The largest absolute Gasteiger partial charge is 0.373 e. The molecule has 0 saturated carbocycles. The Morgan fingerprint density at radius 1 is 1.29 bits per heavy atom. The summed E-state index contributed by atoms with van der Waals surface area (Å²) >= 11 is 5.38. The van der Waals surface area contributed by atoms with Gasteiger partial charge in [-0.3, -0.25) is 4.68 Å². The Labute approximate surface area is 154 Å². The Morgan fingerprint density at radius 2 is 2.08 bits per heavy atom. The topological polar surface area (TPSA) is 55.9 Å². The number of nitrogens with two attached hydrogens (primary N) is 1. The predicted octanol–water partition coefficient (Wildman–Crippen LogP) is 4.28. The number of nitrogens with one attached hydrogen (secondary N) is 1. The first-order valence-electron chi connectivity index (χ1n) is 7.95. The van der Waals surface area contributed by atoms with Crippen LogP contribution in [-0.2, 0) is 13.5 Å². The van der Waals surface area contributed by atoms with Crippen molar-refractivity contribution in [1.82, 2.24) is 9.78 Å². The van der Waals surface area contributed by atoms with E-state index >= 15 is 0 Å². The van der Waals surface area contributed by atoms with Gasteiger partial charge >= 0.3 is 0 Å². The number of benzene rings is 1. The van der Waals surface area contributed by atoms with E-state index in [2.05, 4.69) is 56.7 Å². The van der Waals surface area contributed by atoms with Gasteiger partial charge in [0.2, 0.25) is 0 Å². The molecule has 0 bridgehead atoms. The van der Waals surface area contributed by atoms with E-state index < -0.39 is 0 Å².